The first-order valence-electron chi connectivity index (χ1n) is 7.95. The summed E-state index contributed by atoms with van der Waals surface area (Å²) in [5.41, 5.74) is 1.69. The fourth-order valence-corrected chi connectivity index (χ4v) is 5.15. The molecule has 1 heterocycles. The van der Waals surface area contributed by atoms with Crippen molar-refractivity contribution in [3.63, 3.8) is 0 Å². The molecule has 0 radical (unpaired) electrons. The predicted molar refractivity (Wildman–Crippen MR) is 137 cm³/mol. The lowest BCUT2D eigenvalue weighted by Gasteiger charge is -2.10. The lowest BCUT2D eigenvalue weighted by molar-refractivity contribution is -0.143. The van der Waals surface area contributed by atoms with Crippen LogP contribution in [0.25, 0.3) is 6.08 Å². The maximum atomic E-state index is 12.3. The Kier molecular flexibility index (Phi) is 7.94. The van der Waals surface area contributed by atoms with Crippen molar-refractivity contribution < 1.29 is 23.8 Å². The van der Waals surface area contributed by atoms with Crippen LogP contribution in [0.5, 0.6) is 5.75 Å². The number of esters is 2. The quantitative estimate of drug-likeness (QED) is 0.238. The summed E-state index contributed by atoms with van der Waals surface area (Å²) in [5, 5.41) is 0. The van der Waals surface area contributed by atoms with E-state index < -0.39 is 11.9 Å². The Morgan fingerprint density at radius 3 is 2.48 bits per heavy atom. The number of rotatable bonds is 5. The minimum atomic E-state index is -0.509. The highest BCUT2D eigenvalue weighted by molar-refractivity contribution is 14.1. The monoisotopic (exact) mass is 793 g/mol. The topological polar surface area (TPSA) is 74.2 Å². The third kappa shape index (κ3) is 5.70. The maximum absolute atomic E-state index is 12.3. The molecule has 0 saturated heterocycles. The molecule has 0 N–H and O–H groups in total. The van der Waals surface area contributed by atoms with Crippen molar-refractivity contribution in [3.05, 3.63) is 62.3 Å². The lowest BCUT2D eigenvalue weighted by atomic mass is 10.2. The van der Waals surface area contributed by atoms with Gasteiger partial charge < -0.3 is 14.2 Å². The van der Waals surface area contributed by atoms with Crippen LogP contribution in [-0.4, -0.2) is 31.6 Å². The van der Waals surface area contributed by atoms with E-state index in [9.17, 15) is 9.59 Å². The highest BCUT2D eigenvalue weighted by atomic mass is 127. The van der Waals surface area contributed by atoms with Crippen molar-refractivity contribution in [2.45, 2.75) is 0 Å². The molecule has 2 aromatic carbocycles. The zero-order valence-electron chi connectivity index (χ0n) is 14.7. The highest BCUT2D eigenvalue weighted by Crippen LogP contribution is 2.31. The summed E-state index contributed by atoms with van der Waals surface area (Å²) in [4.78, 5) is 27.9. The Morgan fingerprint density at radius 2 is 1.86 bits per heavy atom. The molecule has 1 aliphatic heterocycles. The number of halogens is 4. The second kappa shape index (κ2) is 10.0. The second-order valence-electron chi connectivity index (χ2n) is 5.64. The van der Waals surface area contributed by atoms with Crippen LogP contribution in [-0.2, 0) is 19.1 Å². The molecule has 0 aromatic heterocycles. The minimum Gasteiger partial charge on any atom is -0.480 e. The van der Waals surface area contributed by atoms with Crippen LogP contribution >= 0.6 is 83.7 Å². The van der Waals surface area contributed by atoms with Crippen LogP contribution in [0, 0.1) is 10.7 Å². The zero-order chi connectivity index (χ0) is 21.1. The first kappa shape index (κ1) is 22.9. The summed E-state index contributed by atoms with van der Waals surface area (Å²) in [7, 11) is 1.31. The molecule has 150 valence electrons. The smallest absolute Gasteiger partial charge is 0.363 e. The molecule has 1 aliphatic rings. The van der Waals surface area contributed by atoms with Crippen LogP contribution < -0.4 is 4.74 Å². The van der Waals surface area contributed by atoms with Crippen molar-refractivity contribution in [1.29, 1.82) is 0 Å². The van der Waals surface area contributed by atoms with Gasteiger partial charge in [0.15, 0.2) is 12.3 Å². The van der Waals surface area contributed by atoms with E-state index in [-0.39, 0.29) is 18.2 Å². The number of methoxy groups -OCH3 is 1. The predicted octanol–water partition coefficient (Wildman–Crippen LogP) is 5.16. The number of benzene rings is 2. The Hall–Kier alpha value is -0.740. The van der Waals surface area contributed by atoms with Crippen LogP contribution in [0.4, 0.5) is 0 Å². The van der Waals surface area contributed by atoms with Gasteiger partial charge in [-0.1, -0.05) is 0 Å². The van der Waals surface area contributed by atoms with E-state index in [2.05, 4.69) is 93.4 Å². The van der Waals surface area contributed by atoms with E-state index >= 15 is 0 Å². The summed E-state index contributed by atoms with van der Waals surface area (Å²) in [5.74, 6) is -0.118. The van der Waals surface area contributed by atoms with Gasteiger partial charge in [0.2, 0.25) is 5.90 Å². The SMILES string of the molecule is COC(=O)COc1c(I)cc(/C=C2\N=C(c3ccc(I)c(Br)c3)OC2=O)cc1I. The van der Waals surface area contributed by atoms with Gasteiger partial charge in [-0.2, -0.15) is 0 Å². The van der Waals surface area contributed by atoms with Crippen LogP contribution in [0.1, 0.15) is 11.1 Å². The highest BCUT2D eigenvalue weighted by Gasteiger charge is 2.25. The largest absolute Gasteiger partial charge is 0.480 e. The molecular formula is C19H11BrI3NO5. The molecule has 0 atom stereocenters. The van der Waals surface area contributed by atoms with Crippen molar-refractivity contribution in [1.82, 2.24) is 0 Å². The van der Waals surface area contributed by atoms with Crippen LogP contribution in [0.15, 0.2) is 45.5 Å². The molecule has 0 spiro atoms. The first-order valence-corrected chi connectivity index (χ1v) is 12.0. The van der Waals surface area contributed by atoms with Crippen molar-refractivity contribution in [2.24, 2.45) is 4.99 Å². The van der Waals surface area contributed by atoms with Gasteiger partial charge in [0, 0.05) is 13.6 Å². The molecule has 6 nitrogen and oxygen atoms in total. The molecule has 2 aromatic rings. The standard InChI is InChI=1S/C19H11BrI3NO5/c1-27-16(25)8-28-17-13(22)4-9(5-14(17)23)6-15-19(26)29-18(24-15)10-2-3-12(21)11(20)7-10/h2-7H,8H2,1H3/b15-6-. The molecule has 0 saturated carbocycles. The second-order valence-corrected chi connectivity index (χ2v) is 9.98. The fraction of sp³-hybridized carbons (Fsp3) is 0.105. The van der Waals surface area contributed by atoms with E-state index in [1.165, 1.54) is 7.11 Å². The lowest BCUT2D eigenvalue weighted by Crippen LogP contribution is -2.13. The molecule has 10 heteroatoms. The van der Waals surface area contributed by atoms with E-state index in [4.69, 9.17) is 9.47 Å². The summed E-state index contributed by atoms with van der Waals surface area (Å²) < 4.78 is 19.0. The van der Waals surface area contributed by atoms with E-state index in [0.29, 0.717) is 11.3 Å². The normalized spacial score (nSPS) is 14.6. The Labute approximate surface area is 216 Å². The summed E-state index contributed by atoms with van der Waals surface area (Å²) in [6, 6.07) is 9.29. The van der Waals surface area contributed by atoms with Gasteiger partial charge in [-0.25, -0.2) is 14.6 Å². The number of cyclic esters (lactones) is 1. The van der Waals surface area contributed by atoms with Crippen molar-refractivity contribution >= 4 is 108 Å². The molecule has 0 amide bonds. The number of hydrogen-bond donors (Lipinski definition) is 0. The number of carbonyl (C=O) groups excluding carboxylic acids is 2. The average molecular weight is 794 g/mol. The Balaban J connectivity index is 1.87. The van der Waals surface area contributed by atoms with Gasteiger partial charge in [-0.15, -0.1) is 0 Å². The fourth-order valence-electron chi connectivity index (χ4n) is 2.31. The maximum Gasteiger partial charge on any atom is 0.363 e. The van der Waals surface area contributed by atoms with Gasteiger partial charge in [0.05, 0.1) is 14.3 Å². The molecule has 29 heavy (non-hydrogen) atoms. The van der Waals surface area contributed by atoms with Gasteiger partial charge in [0.1, 0.15) is 5.75 Å². The van der Waals surface area contributed by atoms with Gasteiger partial charge in [-0.3, -0.25) is 0 Å². The molecular weight excluding hydrogens is 783 g/mol. The summed E-state index contributed by atoms with van der Waals surface area (Å²) in [6.07, 6.45) is 1.66. The number of ether oxygens (including phenoxy) is 3. The molecule has 0 fully saturated rings. The summed E-state index contributed by atoms with van der Waals surface area (Å²) >= 11 is 9.90. The Bertz CT molecular complexity index is 1040. The number of aliphatic imine (C=N–C) groups is 1. The van der Waals surface area contributed by atoms with E-state index in [0.717, 1.165) is 20.7 Å². The number of carbonyl (C=O) groups is 2. The minimum absolute atomic E-state index is 0.172. The summed E-state index contributed by atoms with van der Waals surface area (Å²) in [6.45, 7) is -0.172. The third-order valence-electron chi connectivity index (χ3n) is 3.67. The Morgan fingerprint density at radius 1 is 1.17 bits per heavy atom. The van der Waals surface area contributed by atoms with Crippen molar-refractivity contribution in [2.75, 3.05) is 13.7 Å². The molecule has 3 rings (SSSR count). The number of hydrogen-bond acceptors (Lipinski definition) is 6. The van der Waals surface area contributed by atoms with Crippen molar-refractivity contribution in [3.8, 4) is 5.75 Å². The van der Waals surface area contributed by atoms with E-state index in [1.54, 1.807) is 6.08 Å². The van der Waals surface area contributed by atoms with Gasteiger partial charge >= 0.3 is 11.9 Å². The average Bonchev–Trinajstić information content (AvgIpc) is 3.03. The molecule has 0 unspecified atom stereocenters. The molecule has 0 aliphatic carbocycles. The van der Waals surface area contributed by atoms with Gasteiger partial charge in [-0.05, 0) is 126 Å². The first-order chi connectivity index (χ1) is 13.8. The van der Waals surface area contributed by atoms with Gasteiger partial charge in [0.25, 0.3) is 0 Å². The van der Waals surface area contributed by atoms with Crippen LogP contribution in [0.3, 0.4) is 0 Å². The van der Waals surface area contributed by atoms with E-state index in [1.807, 2.05) is 30.3 Å². The third-order valence-corrected chi connectivity index (χ3v) is 7.61. The molecule has 0 bridgehead atoms. The number of nitrogens with zero attached hydrogens (tertiary/aromatic N) is 1. The van der Waals surface area contributed by atoms with Crippen LogP contribution in [0.2, 0.25) is 0 Å². The zero-order valence-corrected chi connectivity index (χ0v) is 22.7.